The van der Waals surface area contributed by atoms with E-state index in [1.807, 2.05) is 6.07 Å². The van der Waals surface area contributed by atoms with Crippen LogP contribution in [0, 0.1) is 11.7 Å². The van der Waals surface area contributed by atoms with Crippen LogP contribution in [0.3, 0.4) is 0 Å². The fourth-order valence-electron chi connectivity index (χ4n) is 2.26. The topological polar surface area (TPSA) is 21.3 Å². The van der Waals surface area contributed by atoms with Gasteiger partial charge in [-0.3, -0.25) is 0 Å². The number of nitrogens with one attached hydrogen (secondary N) is 1. The number of hydrogen-bond donors (Lipinski definition) is 1. The molecule has 1 aromatic carbocycles. The maximum absolute atomic E-state index is 13.5. The lowest BCUT2D eigenvalue weighted by molar-refractivity contribution is 0.369. The predicted octanol–water partition coefficient (Wildman–Crippen LogP) is 2.80. The van der Waals surface area contributed by atoms with Crippen LogP contribution in [0.15, 0.2) is 18.2 Å². The average Bonchev–Trinajstić information content (AvgIpc) is 2.31. The van der Waals surface area contributed by atoms with E-state index in [1.165, 1.54) is 20.0 Å². The van der Waals surface area contributed by atoms with Crippen molar-refractivity contribution in [2.24, 2.45) is 5.92 Å². The van der Waals surface area contributed by atoms with Gasteiger partial charge in [0.05, 0.1) is 7.11 Å². The van der Waals surface area contributed by atoms with Gasteiger partial charge in [-0.1, -0.05) is 6.07 Å². The van der Waals surface area contributed by atoms with E-state index in [2.05, 4.69) is 5.32 Å². The van der Waals surface area contributed by atoms with E-state index in [4.69, 9.17) is 4.74 Å². The molecule has 96 valence electrons. The molecule has 0 radical (unpaired) electrons. The number of rotatable bonds is 3. The number of ether oxygens (including phenoxy) is 1. The van der Waals surface area contributed by atoms with Crippen molar-refractivity contribution in [1.29, 1.82) is 0 Å². The van der Waals surface area contributed by atoms with Gasteiger partial charge < -0.3 is 10.1 Å². The lowest BCUT2D eigenvalue weighted by atomic mass is 9.91. The van der Waals surface area contributed by atoms with Crippen LogP contribution in [0.1, 0.15) is 18.4 Å². The molecule has 1 heterocycles. The Labute approximate surface area is 108 Å². The fourth-order valence-corrected chi connectivity index (χ4v) is 2.26. The van der Waals surface area contributed by atoms with Gasteiger partial charge in [-0.05, 0) is 56.0 Å². The summed E-state index contributed by atoms with van der Waals surface area (Å²) in [6.45, 7) is 2.17. The van der Waals surface area contributed by atoms with E-state index in [0.717, 1.165) is 25.1 Å². The third-order valence-electron chi connectivity index (χ3n) is 3.20. The molecule has 1 fully saturated rings. The summed E-state index contributed by atoms with van der Waals surface area (Å²) < 4.78 is 18.4. The second kappa shape index (κ2) is 6.82. The maximum atomic E-state index is 13.5. The van der Waals surface area contributed by atoms with Gasteiger partial charge in [0.15, 0.2) is 11.6 Å². The Morgan fingerprint density at radius 1 is 1.35 bits per heavy atom. The van der Waals surface area contributed by atoms with Crippen molar-refractivity contribution in [3.05, 3.63) is 29.6 Å². The molecule has 4 heteroatoms. The number of piperidine rings is 1. The molecule has 0 aliphatic carbocycles. The molecule has 1 aromatic rings. The van der Waals surface area contributed by atoms with Crippen LogP contribution in [0.4, 0.5) is 4.39 Å². The lowest BCUT2D eigenvalue weighted by Gasteiger charge is -2.22. The summed E-state index contributed by atoms with van der Waals surface area (Å²) >= 11 is 0. The number of benzene rings is 1. The Hall–Kier alpha value is -0.800. The van der Waals surface area contributed by atoms with Crippen LogP contribution in [0.25, 0.3) is 0 Å². The van der Waals surface area contributed by atoms with E-state index < -0.39 is 0 Å². The zero-order chi connectivity index (χ0) is 11.4. The smallest absolute Gasteiger partial charge is 0.165 e. The van der Waals surface area contributed by atoms with Crippen molar-refractivity contribution < 1.29 is 9.13 Å². The van der Waals surface area contributed by atoms with Crippen molar-refractivity contribution in [3.63, 3.8) is 0 Å². The predicted molar refractivity (Wildman–Crippen MR) is 69.5 cm³/mol. The summed E-state index contributed by atoms with van der Waals surface area (Å²) in [5.74, 6) is 0.761. The fraction of sp³-hybridized carbons (Fsp3) is 0.538. The van der Waals surface area contributed by atoms with Gasteiger partial charge >= 0.3 is 0 Å². The van der Waals surface area contributed by atoms with Gasteiger partial charge in [0.2, 0.25) is 0 Å². The van der Waals surface area contributed by atoms with Crippen molar-refractivity contribution in [3.8, 4) is 5.75 Å². The number of halogens is 2. The zero-order valence-electron chi connectivity index (χ0n) is 10.0. The summed E-state index contributed by atoms with van der Waals surface area (Å²) in [7, 11) is 1.49. The highest BCUT2D eigenvalue weighted by atomic mass is 35.5. The van der Waals surface area contributed by atoms with Gasteiger partial charge in [0, 0.05) is 0 Å². The van der Waals surface area contributed by atoms with Crippen LogP contribution >= 0.6 is 12.4 Å². The monoisotopic (exact) mass is 259 g/mol. The van der Waals surface area contributed by atoms with E-state index in [-0.39, 0.29) is 18.2 Å². The highest BCUT2D eigenvalue weighted by Gasteiger charge is 2.14. The quantitative estimate of drug-likeness (QED) is 0.901. The Kier molecular flexibility index (Phi) is 5.72. The first-order valence-corrected chi connectivity index (χ1v) is 5.82. The second-order valence-electron chi connectivity index (χ2n) is 4.37. The van der Waals surface area contributed by atoms with Gasteiger partial charge in [-0.25, -0.2) is 4.39 Å². The van der Waals surface area contributed by atoms with Crippen LogP contribution in [-0.2, 0) is 6.42 Å². The normalized spacial score (nSPS) is 16.4. The molecule has 0 unspecified atom stereocenters. The number of hydrogen-bond acceptors (Lipinski definition) is 2. The van der Waals surface area contributed by atoms with Crippen LogP contribution in [0.5, 0.6) is 5.75 Å². The van der Waals surface area contributed by atoms with Gasteiger partial charge in [0.1, 0.15) is 0 Å². The second-order valence-corrected chi connectivity index (χ2v) is 4.37. The molecule has 17 heavy (non-hydrogen) atoms. The molecule has 0 amide bonds. The molecule has 2 nitrogen and oxygen atoms in total. The summed E-state index contributed by atoms with van der Waals surface area (Å²) in [5, 5.41) is 3.34. The lowest BCUT2D eigenvalue weighted by Crippen LogP contribution is -2.28. The molecule has 0 aromatic heterocycles. The molecule has 2 rings (SSSR count). The molecule has 0 saturated carbocycles. The standard InChI is InChI=1S/C13H18FNO.ClH/c1-16-13-3-2-11(9-12(13)14)8-10-4-6-15-7-5-10;/h2-3,9-10,15H,4-8H2,1H3;1H. The molecular weight excluding hydrogens is 241 g/mol. The minimum Gasteiger partial charge on any atom is -0.494 e. The maximum Gasteiger partial charge on any atom is 0.165 e. The van der Waals surface area contributed by atoms with Crippen LogP contribution < -0.4 is 10.1 Å². The van der Waals surface area contributed by atoms with Crippen molar-refractivity contribution >= 4 is 12.4 Å². The molecule has 1 saturated heterocycles. The Bertz CT molecular complexity index is 353. The van der Waals surface area contributed by atoms with Crippen molar-refractivity contribution in [1.82, 2.24) is 5.32 Å². The largest absolute Gasteiger partial charge is 0.494 e. The first-order chi connectivity index (χ1) is 7.79. The molecule has 1 N–H and O–H groups in total. The molecule has 1 aliphatic heterocycles. The molecule has 0 bridgehead atoms. The molecule has 0 atom stereocenters. The molecule has 1 aliphatic rings. The summed E-state index contributed by atoms with van der Waals surface area (Å²) in [5.41, 5.74) is 1.07. The highest BCUT2D eigenvalue weighted by molar-refractivity contribution is 5.85. The highest BCUT2D eigenvalue weighted by Crippen LogP contribution is 2.22. The van der Waals surface area contributed by atoms with Crippen LogP contribution in [0.2, 0.25) is 0 Å². The van der Waals surface area contributed by atoms with E-state index >= 15 is 0 Å². The van der Waals surface area contributed by atoms with Crippen molar-refractivity contribution in [2.45, 2.75) is 19.3 Å². The third kappa shape index (κ3) is 3.86. The summed E-state index contributed by atoms with van der Waals surface area (Å²) in [6, 6.07) is 5.27. The van der Waals surface area contributed by atoms with Gasteiger partial charge in [-0.15, -0.1) is 12.4 Å². The number of methoxy groups -OCH3 is 1. The SMILES string of the molecule is COc1ccc(CC2CCNCC2)cc1F.Cl. The van der Waals surface area contributed by atoms with Gasteiger partial charge in [0.25, 0.3) is 0 Å². The van der Waals surface area contributed by atoms with Gasteiger partial charge in [-0.2, -0.15) is 0 Å². The van der Waals surface area contributed by atoms with E-state index in [9.17, 15) is 4.39 Å². The first kappa shape index (κ1) is 14.3. The molecular formula is C13H19ClFNO. The zero-order valence-corrected chi connectivity index (χ0v) is 10.9. The molecule has 0 spiro atoms. The summed E-state index contributed by atoms with van der Waals surface area (Å²) in [4.78, 5) is 0. The van der Waals surface area contributed by atoms with Crippen molar-refractivity contribution in [2.75, 3.05) is 20.2 Å². The third-order valence-corrected chi connectivity index (χ3v) is 3.20. The minimum atomic E-state index is -0.256. The Morgan fingerprint density at radius 3 is 2.65 bits per heavy atom. The Morgan fingerprint density at radius 2 is 2.06 bits per heavy atom. The minimum absolute atomic E-state index is 0. The Balaban J connectivity index is 0.00000144. The van der Waals surface area contributed by atoms with E-state index in [1.54, 1.807) is 12.1 Å². The average molecular weight is 260 g/mol. The first-order valence-electron chi connectivity index (χ1n) is 5.82. The summed E-state index contributed by atoms with van der Waals surface area (Å²) in [6.07, 6.45) is 3.35. The van der Waals surface area contributed by atoms with Crippen LogP contribution in [-0.4, -0.2) is 20.2 Å². The van der Waals surface area contributed by atoms with E-state index in [0.29, 0.717) is 11.7 Å².